The molecule has 1 aliphatic rings. The minimum atomic E-state index is -0.456. The molecule has 0 amide bonds. The number of rotatable bonds is 7. The van der Waals surface area contributed by atoms with Gasteiger partial charge in [0.1, 0.15) is 0 Å². The summed E-state index contributed by atoms with van der Waals surface area (Å²) in [7, 11) is 0. The highest BCUT2D eigenvalue weighted by Crippen LogP contribution is 2.56. The van der Waals surface area contributed by atoms with Gasteiger partial charge in [0.05, 0.1) is 5.41 Å². The lowest BCUT2D eigenvalue weighted by atomic mass is 9.66. The second-order valence-corrected chi connectivity index (χ2v) is 6.65. The molecule has 2 aromatic carbocycles. The number of hydrogen-bond acceptors (Lipinski definition) is 0. The fraction of sp³-hybridized carbons (Fsp3) is 0.0714. The minimum absolute atomic E-state index is 0.456. The molecule has 0 bridgehead atoms. The first-order chi connectivity index (χ1) is 13.7. The number of fused-ring (bicyclic) bond motifs is 3. The van der Waals surface area contributed by atoms with Crippen LogP contribution in [0.1, 0.15) is 18.1 Å². The fourth-order valence-electron chi connectivity index (χ4n) is 4.17. The van der Waals surface area contributed by atoms with E-state index in [0.29, 0.717) is 0 Å². The quantitative estimate of drug-likeness (QED) is 0.447. The molecule has 0 saturated carbocycles. The number of benzene rings is 2. The molecule has 3 rings (SSSR count). The highest BCUT2D eigenvalue weighted by Gasteiger charge is 2.46. The molecule has 0 N–H and O–H groups in total. The van der Waals surface area contributed by atoms with Gasteiger partial charge in [-0.05, 0) is 40.3 Å². The van der Waals surface area contributed by atoms with Gasteiger partial charge in [-0.15, -0.1) is 0 Å². The van der Waals surface area contributed by atoms with Crippen molar-refractivity contribution in [3.63, 3.8) is 0 Å². The van der Waals surface area contributed by atoms with Crippen LogP contribution in [0.5, 0.6) is 0 Å². The van der Waals surface area contributed by atoms with Crippen LogP contribution in [-0.4, -0.2) is 0 Å². The summed E-state index contributed by atoms with van der Waals surface area (Å²) < 4.78 is 0. The third-order valence-corrected chi connectivity index (χ3v) is 5.22. The van der Waals surface area contributed by atoms with Crippen LogP contribution < -0.4 is 0 Å². The van der Waals surface area contributed by atoms with Crippen molar-refractivity contribution in [2.45, 2.75) is 12.3 Å². The van der Waals surface area contributed by atoms with E-state index in [1.54, 1.807) is 0 Å². The lowest BCUT2D eigenvalue weighted by Gasteiger charge is -2.35. The van der Waals surface area contributed by atoms with Gasteiger partial charge in [0, 0.05) is 0 Å². The van der Waals surface area contributed by atoms with Gasteiger partial charge in [-0.1, -0.05) is 123 Å². The average Bonchev–Trinajstić information content (AvgIpc) is 3.04. The summed E-state index contributed by atoms with van der Waals surface area (Å²) in [5, 5.41) is 0. The molecule has 0 radical (unpaired) electrons. The molecular formula is C28H26. The van der Waals surface area contributed by atoms with Crippen LogP contribution >= 0.6 is 0 Å². The summed E-state index contributed by atoms with van der Waals surface area (Å²) in [6.07, 6.45) is 18.1. The van der Waals surface area contributed by atoms with Crippen LogP contribution in [0, 0.1) is 0 Å². The Hall–Kier alpha value is -3.38. The first-order valence-corrected chi connectivity index (χ1v) is 9.53. The Kier molecular flexibility index (Phi) is 5.91. The van der Waals surface area contributed by atoms with Gasteiger partial charge >= 0.3 is 0 Å². The highest BCUT2D eigenvalue weighted by molar-refractivity contribution is 5.87. The zero-order valence-electron chi connectivity index (χ0n) is 16.4. The summed E-state index contributed by atoms with van der Waals surface area (Å²) in [5.41, 5.74) is 6.84. The van der Waals surface area contributed by atoms with E-state index in [1.165, 1.54) is 22.3 Å². The van der Waals surface area contributed by atoms with Crippen molar-refractivity contribution < 1.29 is 0 Å². The minimum Gasteiger partial charge on any atom is -0.0991 e. The lowest BCUT2D eigenvalue weighted by Crippen LogP contribution is -2.29. The molecule has 2 aromatic rings. The summed E-state index contributed by atoms with van der Waals surface area (Å²) in [6, 6.07) is 17.3. The van der Waals surface area contributed by atoms with Crippen LogP contribution in [-0.2, 0) is 5.41 Å². The highest BCUT2D eigenvalue weighted by atomic mass is 14.5. The normalized spacial score (nSPS) is 15.5. The predicted molar refractivity (Wildman–Crippen MR) is 123 cm³/mol. The van der Waals surface area contributed by atoms with Crippen molar-refractivity contribution in [2.24, 2.45) is 0 Å². The van der Waals surface area contributed by atoms with E-state index in [-0.39, 0.29) is 0 Å². The molecule has 0 aliphatic heterocycles. The van der Waals surface area contributed by atoms with Gasteiger partial charge in [0.25, 0.3) is 0 Å². The molecule has 0 unspecified atom stereocenters. The van der Waals surface area contributed by atoms with Crippen molar-refractivity contribution in [2.75, 3.05) is 0 Å². The average molecular weight is 363 g/mol. The van der Waals surface area contributed by atoms with E-state index in [1.807, 2.05) is 37.3 Å². The Bertz CT molecular complexity index is 976. The zero-order chi connectivity index (χ0) is 20.0. The Balaban J connectivity index is 2.53. The van der Waals surface area contributed by atoms with Crippen LogP contribution in [0.25, 0.3) is 11.1 Å². The van der Waals surface area contributed by atoms with Gasteiger partial charge in [-0.2, -0.15) is 0 Å². The maximum absolute atomic E-state index is 4.15. The van der Waals surface area contributed by atoms with Gasteiger partial charge in [0.15, 0.2) is 0 Å². The van der Waals surface area contributed by atoms with E-state index < -0.39 is 5.41 Å². The van der Waals surface area contributed by atoms with E-state index in [0.717, 1.165) is 11.1 Å². The monoisotopic (exact) mass is 362 g/mol. The maximum atomic E-state index is 4.15. The Morgan fingerprint density at radius 3 is 1.86 bits per heavy atom. The van der Waals surface area contributed by atoms with E-state index in [4.69, 9.17) is 0 Å². The van der Waals surface area contributed by atoms with Crippen molar-refractivity contribution in [3.05, 3.63) is 145 Å². The topological polar surface area (TPSA) is 0 Å². The third-order valence-electron chi connectivity index (χ3n) is 5.22. The number of hydrogen-bond donors (Lipinski definition) is 0. The SMILES string of the molecule is C=C\C=C/C(=C\C=C/C)C1(/C(C=C)=C/C=C)c2ccccc2-c2ccccc21. The summed E-state index contributed by atoms with van der Waals surface area (Å²) in [6.45, 7) is 14.0. The summed E-state index contributed by atoms with van der Waals surface area (Å²) >= 11 is 0. The largest absolute Gasteiger partial charge is 0.0991 e. The molecule has 1 aliphatic carbocycles. The summed E-state index contributed by atoms with van der Waals surface area (Å²) in [5.74, 6) is 0. The molecule has 28 heavy (non-hydrogen) atoms. The van der Waals surface area contributed by atoms with Crippen LogP contribution in [0.2, 0.25) is 0 Å². The van der Waals surface area contributed by atoms with E-state index in [2.05, 4.69) is 92.6 Å². The van der Waals surface area contributed by atoms with Crippen LogP contribution in [0.4, 0.5) is 0 Å². The van der Waals surface area contributed by atoms with Crippen LogP contribution in [0.3, 0.4) is 0 Å². The van der Waals surface area contributed by atoms with Crippen molar-refractivity contribution >= 4 is 0 Å². The Labute approximate surface area is 168 Å². The fourth-order valence-corrected chi connectivity index (χ4v) is 4.17. The second-order valence-electron chi connectivity index (χ2n) is 6.65. The first-order valence-electron chi connectivity index (χ1n) is 9.53. The molecule has 138 valence electrons. The number of allylic oxidation sites excluding steroid dienone is 11. The summed E-state index contributed by atoms with van der Waals surface area (Å²) in [4.78, 5) is 0. The molecular weight excluding hydrogens is 336 g/mol. The van der Waals surface area contributed by atoms with Gasteiger partial charge in [-0.25, -0.2) is 0 Å². The van der Waals surface area contributed by atoms with Crippen molar-refractivity contribution in [3.8, 4) is 11.1 Å². The van der Waals surface area contributed by atoms with Crippen molar-refractivity contribution in [1.82, 2.24) is 0 Å². The molecule has 0 saturated heterocycles. The first kappa shape index (κ1) is 19.4. The van der Waals surface area contributed by atoms with Crippen molar-refractivity contribution in [1.29, 1.82) is 0 Å². The smallest absolute Gasteiger partial charge is 0.0713 e. The third kappa shape index (κ3) is 2.97. The second kappa shape index (κ2) is 8.54. The van der Waals surface area contributed by atoms with Gasteiger partial charge < -0.3 is 0 Å². The molecule has 0 atom stereocenters. The molecule has 0 spiro atoms. The zero-order valence-corrected chi connectivity index (χ0v) is 16.4. The molecule has 0 heterocycles. The lowest BCUT2D eigenvalue weighted by molar-refractivity contribution is 0.766. The van der Waals surface area contributed by atoms with E-state index in [9.17, 15) is 0 Å². The maximum Gasteiger partial charge on any atom is 0.0713 e. The molecule has 0 heteroatoms. The van der Waals surface area contributed by atoms with Gasteiger partial charge in [-0.3, -0.25) is 0 Å². The standard InChI is InChI=1S/C28H26/c1-5-9-16-23(17-10-6-2)28(22(8-4)15-7-3)26-20-13-11-18-24(26)25-19-12-14-21-27(25)28/h5-21H,1,3-4H2,2H3/b10-6-,16-9-,22-15+,23-17+. The van der Waals surface area contributed by atoms with E-state index >= 15 is 0 Å². The van der Waals surface area contributed by atoms with Gasteiger partial charge in [0.2, 0.25) is 0 Å². The Morgan fingerprint density at radius 1 is 0.750 bits per heavy atom. The molecule has 0 aromatic heterocycles. The molecule has 0 nitrogen and oxygen atoms in total. The van der Waals surface area contributed by atoms with Crippen LogP contribution in [0.15, 0.2) is 134 Å². The molecule has 0 fully saturated rings. The predicted octanol–water partition coefficient (Wildman–Crippen LogP) is 7.50. The Morgan fingerprint density at radius 2 is 1.36 bits per heavy atom.